The van der Waals surface area contributed by atoms with Crippen LogP contribution < -0.4 is 0 Å². The maximum atomic E-state index is 12.8. The van der Waals surface area contributed by atoms with Crippen LogP contribution in [0.2, 0.25) is 5.15 Å². The summed E-state index contributed by atoms with van der Waals surface area (Å²) in [5.41, 5.74) is 2.38. The number of carbonyl (C=O) groups is 1. The number of hydrogen-bond donors (Lipinski definition) is 0. The van der Waals surface area contributed by atoms with Gasteiger partial charge in [0.05, 0.1) is 17.8 Å². The Balaban J connectivity index is 1.83. The molecule has 1 aliphatic rings. The fourth-order valence-electron chi connectivity index (χ4n) is 3.09. The number of carbonyl (C=O) groups excluding carboxylic acids is 1. The van der Waals surface area contributed by atoms with Crippen LogP contribution in [-0.4, -0.2) is 33.7 Å². The van der Waals surface area contributed by atoms with Gasteiger partial charge in [-0.15, -0.1) is 0 Å². The van der Waals surface area contributed by atoms with Gasteiger partial charge in [0.1, 0.15) is 5.15 Å². The van der Waals surface area contributed by atoms with Crippen LogP contribution in [0.25, 0.3) is 0 Å². The number of rotatable bonds is 3. The summed E-state index contributed by atoms with van der Waals surface area (Å²) in [5.74, 6) is 0.0220. The fraction of sp³-hybridized carbons (Fsp3) is 0.444. The number of hydrogen-bond acceptors (Lipinski definition) is 2. The van der Waals surface area contributed by atoms with E-state index in [1.54, 1.807) is 4.68 Å². The molecule has 5 heteroatoms. The third-order valence-corrected chi connectivity index (χ3v) is 4.73. The largest absolute Gasteiger partial charge is 0.338 e. The Kier molecular flexibility index (Phi) is 5.01. The first-order valence-electron chi connectivity index (χ1n) is 8.23. The van der Waals surface area contributed by atoms with Gasteiger partial charge in [0.25, 0.3) is 5.91 Å². The summed E-state index contributed by atoms with van der Waals surface area (Å²) in [6.07, 6.45) is 4.54. The molecule has 2 aromatic rings. The molecule has 1 aromatic carbocycles. The highest BCUT2D eigenvalue weighted by molar-refractivity contribution is 6.33. The second kappa shape index (κ2) is 7.18. The summed E-state index contributed by atoms with van der Waals surface area (Å²) in [5, 5.41) is 4.93. The zero-order valence-corrected chi connectivity index (χ0v) is 14.2. The molecule has 122 valence electrons. The molecule has 3 rings (SSSR count). The van der Waals surface area contributed by atoms with Gasteiger partial charge in [-0.2, -0.15) is 5.10 Å². The summed E-state index contributed by atoms with van der Waals surface area (Å²) < 4.78 is 1.72. The minimum Gasteiger partial charge on any atom is -0.338 e. The second-order valence-electron chi connectivity index (χ2n) is 6.10. The number of aryl methyl sites for hydroxylation is 1. The van der Waals surface area contributed by atoms with Crippen LogP contribution in [0.4, 0.5) is 0 Å². The van der Waals surface area contributed by atoms with Crippen molar-refractivity contribution in [2.45, 2.75) is 39.2 Å². The fourth-order valence-corrected chi connectivity index (χ4v) is 3.40. The highest BCUT2D eigenvalue weighted by Crippen LogP contribution is 2.24. The Morgan fingerprint density at radius 3 is 2.43 bits per heavy atom. The SMILES string of the molecule is Cc1nn(Cc2ccccc2)c(Cl)c1C(=O)N1CCCCCC1. The smallest absolute Gasteiger partial charge is 0.258 e. The normalized spacial score (nSPS) is 15.5. The van der Waals surface area contributed by atoms with Crippen molar-refractivity contribution in [3.8, 4) is 0 Å². The van der Waals surface area contributed by atoms with E-state index in [9.17, 15) is 4.79 Å². The number of nitrogens with zero attached hydrogens (tertiary/aromatic N) is 3. The number of halogens is 1. The highest BCUT2D eigenvalue weighted by atomic mass is 35.5. The van der Waals surface area contributed by atoms with Crippen LogP contribution in [0.5, 0.6) is 0 Å². The molecule has 1 amide bonds. The average Bonchev–Trinajstić information content (AvgIpc) is 2.76. The van der Waals surface area contributed by atoms with E-state index in [2.05, 4.69) is 5.10 Å². The van der Waals surface area contributed by atoms with Gasteiger partial charge in [0.15, 0.2) is 0 Å². The van der Waals surface area contributed by atoms with Gasteiger partial charge in [-0.05, 0) is 25.3 Å². The molecule has 1 fully saturated rings. The van der Waals surface area contributed by atoms with E-state index in [-0.39, 0.29) is 5.91 Å². The van der Waals surface area contributed by atoms with E-state index >= 15 is 0 Å². The topological polar surface area (TPSA) is 38.1 Å². The first kappa shape index (κ1) is 16.1. The Labute approximate surface area is 142 Å². The predicted octanol–water partition coefficient (Wildman–Crippen LogP) is 3.91. The van der Waals surface area contributed by atoms with Gasteiger partial charge in [-0.1, -0.05) is 54.8 Å². The van der Waals surface area contributed by atoms with Crippen molar-refractivity contribution in [1.82, 2.24) is 14.7 Å². The summed E-state index contributed by atoms with van der Waals surface area (Å²) in [7, 11) is 0. The molecule has 1 aromatic heterocycles. The van der Waals surface area contributed by atoms with E-state index in [1.807, 2.05) is 42.2 Å². The van der Waals surface area contributed by atoms with Gasteiger partial charge < -0.3 is 4.90 Å². The molecular formula is C18H22ClN3O. The lowest BCUT2D eigenvalue weighted by Gasteiger charge is -2.20. The van der Waals surface area contributed by atoms with E-state index in [0.717, 1.165) is 31.5 Å². The van der Waals surface area contributed by atoms with Gasteiger partial charge in [-0.25, -0.2) is 4.68 Å². The lowest BCUT2D eigenvalue weighted by atomic mass is 10.2. The maximum Gasteiger partial charge on any atom is 0.258 e. The van der Waals surface area contributed by atoms with Crippen LogP contribution in [-0.2, 0) is 6.54 Å². The zero-order valence-electron chi connectivity index (χ0n) is 13.5. The quantitative estimate of drug-likeness (QED) is 0.855. The molecule has 23 heavy (non-hydrogen) atoms. The van der Waals surface area contributed by atoms with Crippen molar-refractivity contribution < 1.29 is 4.79 Å². The van der Waals surface area contributed by atoms with Crippen molar-refractivity contribution in [3.63, 3.8) is 0 Å². The minimum absolute atomic E-state index is 0.0220. The van der Waals surface area contributed by atoms with E-state index in [0.29, 0.717) is 23.0 Å². The molecule has 0 N–H and O–H groups in total. The molecule has 0 aliphatic carbocycles. The monoisotopic (exact) mass is 331 g/mol. The molecule has 0 unspecified atom stereocenters. The van der Waals surface area contributed by atoms with Gasteiger partial charge in [0.2, 0.25) is 0 Å². The molecule has 0 saturated carbocycles. The molecule has 0 spiro atoms. The van der Waals surface area contributed by atoms with Crippen LogP contribution in [0.1, 0.15) is 47.3 Å². The molecule has 4 nitrogen and oxygen atoms in total. The maximum absolute atomic E-state index is 12.8. The Morgan fingerprint density at radius 1 is 1.13 bits per heavy atom. The van der Waals surface area contributed by atoms with Gasteiger partial charge >= 0.3 is 0 Å². The predicted molar refractivity (Wildman–Crippen MR) is 91.9 cm³/mol. The van der Waals surface area contributed by atoms with Gasteiger partial charge in [-0.3, -0.25) is 4.79 Å². The Hall–Kier alpha value is -1.81. The van der Waals surface area contributed by atoms with E-state index in [4.69, 9.17) is 11.6 Å². The van der Waals surface area contributed by atoms with Crippen LogP contribution >= 0.6 is 11.6 Å². The molecule has 0 radical (unpaired) electrons. The summed E-state index contributed by atoms with van der Waals surface area (Å²) >= 11 is 6.49. The lowest BCUT2D eigenvalue weighted by Crippen LogP contribution is -2.32. The minimum atomic E-state index is 0.0220. The summed E-state index contributed by atoms with van der Waals surface area (Å²) in [4.78, 5) is 14.8. The number of benzene rings is 1. The Morgan fingerprint density at radius 2 is 1.78 bits per heavy atom. The van der Waals surface area contributed by atoms with E-state index in [1.165, 1.54) is 12.8 Å². The first-order valence-corrected chi connectivity index (χ1v) is 8.60. The molecule has 1 saturated heterocycles. The van der Waals surface area contributed by atoms with Gasteiger partial charge in [0, 0.05) is 13.1 Å². The van der Waals surface area contributed by atoms with E-state index < -0.39 is 0 Å². The third-order valence-electron chi connectivity index (χ3n) is 4.35. The first-order chi connectivity index (χ1) is 11.2. The number of amides is 1. The second-order valence-corrected chi connectivity index (χ2v) is 6.46. The highest BCUT2D eigenvalue weighted by Gasteiger charge is 2.25. The number of likely N-dealkylation sites (tertiary alicyclic amines) is 1. The molecule has 2 heterocycles. The van der Waals surface area contributed by atoms with Crippen LogP contribution in [0.15, 0.2) is 30.3 Å². The number of aromatic nitrogens is 2. The molecule has 0 bridgehead atoms. The zero-order chi connectivity index (χ0) is 16.2. The van der Waals surface area contributed by atoms with Crippen molar-refractivity contribution in [3.05, 3.63) is 52.3 Å². The average molecular weight is 332 g/mol. The Bertz CT molecular complexity index is 673. The lowest BCUT2D eigenvalue weighted by molar-refractivity contribution is 0.0761. The van der Waals surface area contributed by atoms with Crippen molar-refractivity contribution >= 4 is 17.5 Å². The van der Waals surface area contributed by atoms with Crippen molar-refractivity contribution in [2.75, 3.05) is 13.1 Å². The standard InChI is InChI=1S/C18H22ClN3O/c1-14-16(18(23)21-11-7-2-3-8-12-21)17(19)22(20-14)13-15-9-5-4-6-10-15/h4-6,9-10H,2-3,7-8,11-13H2,1H3. The summed E-state index contributed by atoms with van der Waals surface area (Å²) in [6, 6.07) is 10.0. The molecular weight excluding hydrogens is 310 g/mol. The van der Waals surface area contributed by atoms with Crippen LogP contribution in [0.3, 0.4) is 0 Å². The molecule has 1 aliphatic heterocycles. The third kappa shape index (κ3) is 3.58. The summed E-state index contributed by atoms with van der Waals surface area (Å²) in [6.45, 7) is 4.07. The van der Waals surface area contributed by atoms with Crippen LogP contribution in [0, 0.1) is 6.92 Å². The molecule has 0 atom stereocenters. The van der Waals surface area contributed by atoms with Crippen molar-refractivity contribution in [2.24, 2.45) is 0 Å². The van der Waals surface area contributed by atoms with Crippen molar-refractivity contribution in [1.29, 1.82) is 0 Å².